The fourth-order valence-electron chi connectivity index (χ4n) is 6.28. The average Bonchev–Trinajstić information content (AvgIpc) is 3.00. The maximum atomic E-state index is 11.3. The second-order valence-corrected chi connectivity index (χ2v) is 21.6. The summed E-state index contributed by atoms with van der Waals surface area (Å²) < 4.78 is 14.6. The average molecular weight is 603 g/mol. The summed E-state index contributed by atoms with van der Waals surface area (Å²) in [6.07, 6.45) is 0. The number of benzene rings is 5. The Kier molecular flexibility index (Phi) is 8.41. The number of hydrogen-bond donors (Lipinski definition) is 1. The third kappa shape index (κ3) is 5.67. The van der Waals surface area contributed by atoms with E-state index >= 15 is 0 Å². The fraction of sp³-hybridized carbons (Fsp3) is 0.211. The largest absolute Gasteiger partial charge is 0.534 e. The molecule has 43 heavy (non-hydrogen) atoms. The van der Waals surface area contributed by atoms with Crippen LogP contribution in [-0.4, -0.2) is 21.7 Å². The highest BCUT2D eigenvalue weighted by atomic mass is 28.4. The van der Waals surface area contributed by atoms with Crippen molar-refractivity contribution in [2.24, 2.45) is 0 Å². The Morgan fingerprint density at radius 2 is 0.767 bits per heavy atom. The Morgan fingerprint density at radius 3 is 1.09 bits per heavy atom. The molecule has 0 saturated heterocycles. The standard InChI is InChI=1S/C38H42O3Si2/c1-37(2,3)42(31-19-11-7-12-20-31,32-21-13-8-14-22-32)40-30-27-28-35(39)36(29-30)41-43(38(4,5)6,33-23-15-9-16-24-33)34-25-17-10-18-26-34/h7-29,39H,1-6H3. The summed E-state index contributed by atoms with van der Waals surface area (Å²) in [6, 6.07) is 47.6. The molecule has 0 aromatic heterocycles. The molecule has 0 aliphatic heterocycles. The summed E-state index contributed by atoms with van der Waals surface area (Å²) in [5, 5.41) is 15.5. The van der Waals surface area contributed by atoms with Crippen LogP contribution in [0.25, 0.3) is 0 Å². The third-order valence-electron chi connectivity index (χ3n) is 8.30. The van der Waals surface area contributed by atoms with Crippen LogP contribution in [0.2, 0.25) is 10.1 Å². The topological polar surface area (TPSA) is 38.7 Å². The highest BCUT2D eigenvalue weighted by Gasteiger charge is 2.54. The van der Waals surface area contributed by atoms with Gasteiger partial charge in [0.1, 0.15) is 5.75 Å². The maximum Gasteiger partial charge on any atom is 0.320 e. The Balaban J connectivity index is 1.69. The molecule has 5 rings (SSSR count). The van der Waals surface area contributed by atoms with E-state index in [1.807, 2.05) is 36.4 Å². The summed E-state index contributed by atoms with van der Waals surface area (Å²) in [4.78, 5) is 0. The molecule has 5 aromatic rings. The van der Waals surface area contributed by atoms with Crippen molar-refractivity contribution in [2.75, 3.05) is 0 Å². The summed E-state index contributed by atoms with van der Waals surface area (Å²) >= 11 is 0. The van der Waals surface area contributed by atoms with Gasteiger partial charge >= 0.3 is 16.6 Å². The van der Waals surface area contributed by atoms with Crippen molar-refractivity contribution in [3.8, 4) is 17.2 Å². The van der Waals surface area contributed by atoms with Crippen LogP contribution in [0.15, 0.2) is 140 Å². The first-order valence-corrected chi connectivity index (χ1v) is 18.7. The summed E-state index contributed by atoms with van der Waals surface area (Å²) in [7, 11) is -5.85. The second-order valence-electron chi connectivity index (χ2n) is 13.2. The lowest BCUT2D eigenvalue weighted by molar-refractivity contribution is 0.423. The van der Waals surface area contributed by atoms with E-state index in [0.29, 0.717) is 11.5 Å². The highest BCUT2D eigenvalue weighted by Crippen LogP contribution is 2.43. The van der Waals surface area contributed by atoms with Gasteiger partial charge in [-0.1, -0.05) is 163 Å². The molecule has 3 nitrogen and oxygen atoms in total. The van der Waals surface area contributed by atoms with Crippen LogP contribution in [0.5, 0.6) is 17.2 Å². The van der Waals surface area contributed by atoms with Crippen molar-refractivity contribution in [3.63, 3.8) is 0 Å². The van der Waals surface area contributed by atoms with Crippen molar-refractivity contribution < 1.29 is 14.0 Å². The molecule has 5 aromatic carbocycles. The van der Waals surface area contributed by atoms with Crippen molar-refractivity contribution in [3.05, 3.63) is 140 Å². The molecule has 220 valence electrons. The van der Waals surface area contributed by atoms with Gasteiger partial charge < -0.3 is 14.0 Å². The van der Waals surface area contributed by atoms with Crippen molar-refractivity contribution in [1.82, 2.24) is 0 Å². The summed E-state index contributed by atoms with van der Waals surface area (Å²) in [6.45, 7) is 13.5. The van der Waals surface area contributed by atoms with Gasteiger partial charge in [0.05, 0.1) is 0 Å². The van der Waals surface area contributed by atoms with Crippen LogP contribution in [0.1, 0.15) is 41.5 Å². The first-order chi connectivity index (χ1) is 20.5. The van der Waals surface area contributed by atoms with E-state index in [1.54, 1.807) is 6.07 Å². The number of aromatic hydroxyl groups is 1. The smallest absolute Gasteiger partial charge is 0.320 e. The van der Waals surface area contributed by atoms with Gasteiger partial charge in [-0.2, -0.15) is 0 Å². The van der Waals surface area contributed by atoms with Crippen molar-refractivity contribution in [2.45, 2.75) is 51.6 Å². The van der Waals surface area contributed by atoms with Gasteiger partial charge in [0.15, 0.2) is 11.5 Å². The van der Waals surface area contributed by atoms with Gasteiger partial charge in [0, 0.05) is 6.07 Å². The van der Waals surface area contributed by atoms with Crippen LogP contribution in [0.4, 0.5) is 0 Å². The minimum absolute atomic E-state index is 0.0998. The molecule has 0 fully saturated rings. The van der Waals surface area contributed by atoms with E-state index in [-0.39, 0.29) is 15.8 Å². The molecule has 0 heterocycles. The van der Waals surface area contributed by atoms with E-state index in [1.165, 1.54) is 10.4 Å². The molecule has 5 heteroatoms. The second kappa shape index (κ2) is 11.9. The molecule has 1 N–H and O–H groups in total. The van der Waals surface area contributed by atoms with Crippen LogP contribution in [-0.2, 0) is 0 Å². The van der Waals surface area contributed by atoms with Gasteiger partial charge in [-0.05, 0) is 43.0 Å². The molecular weight excluding hydrogens is 561 g/mol. The predicted octanol–water partition coefficient (Wildman–Crippen LogP) is 7.27. The van der Waals surface area contributed by atoms with Crippen molar-refractivity contribution >= 4 is 37.4 Å². The lowest BCUT2D eigenvalue weighted by Crippen LogP contribution is -2.69. The van der Waals surface area contributed by atoms with E-state index < -0.39 is 16.6 Å². The van der Waals surface area contributed by atoms with Gasteiger partial charge in [0.2, 0.25) is 0 Å². The zero-order chi connectivity index (χ0) is 30.7. The number of phenolic OH excluding ortho intramolecular Hbond substituents is 1. The Labute approximate surface area is 259 Å². The van der Waals surface area contributed by atoms with Gasteiger partial charge in [-0.15, -0.1) is 0 Å². The number of rotatable bonds is 8. The predicted molar refractivity (Wildman–Crippen MR) is 185 cm³/mol. The van der Waals surface area contributed by atoms with Gasteiger partial charge in [-0.25, -0.2) is 0 Å². The molecule has 0 unspecified atom stereocenters. The first-order valence-electron chi connectivity index (χ1n) is 14.9. The molecule has 0 saturated carbocycles. The van der Waals surface area contributed by atoms with Crippen LogP contribution in [0, 0.1) is 0 Å². The lowest BCUT2D eigenvalue weighted by atomic mass is 10.2. The number of phenols is 1. The minimum Gasteiger partial charge on any atom is -0.534 e. The van der Waals surface area contributed by atoms with E-state index in [2.05, 4.69) is 139 Å². The van der Waals surface area contributed by atoms with E-state index in [0.717, 1.165) is 10.4 Å². The Hall–Kier alpha value is -4.07. The monoisotopic (exact) mass is 602 g/mol. The molecular formula is C38H42O3Si2. The Morgan fingerprint density at radius 1 is 0.442 bits per heavy atom. The summed E-state index contributed by atoms with van der Waals surface area (Å²) in [5.41, 5.74) is 0. The maximum absolute atomic E-state index is 11.3. The van der Waals surface area contributed by atoms with E-state index in [9.17, 15) is 5.11 Å². The molecule has 0 amide bonds. The van der Waals surface area contributed by atoms with Crippen molar-refractivity contribution in [1.29, 1.82) is 0 Å². The molecule has 0 atom stereocenters. The van der Waals surface area contributed by atoms with E-state index in [4.69, 9.17) is 8.85 Å². The Bertz CT molecular complexity index is 1550. The normalized spacial score (nSPS) is 12.5. The van der Waals surface area contributed by atoms with Gasteiger partial charge in [0.25, 0.3) is 0 Å². The zero-order valence-electron chi connectivity index (χ0n) is 26.0. The van der Waals surface area contributed by atoms with Gasteiger partial charge in [-0.3, -0.25) is 0 Å². The highest BCUT2D eigenvalue weighted by molar-refractivity contribution is 7.00. The lowest BCUT2D eigenvalue weighted by Gasteiger charge is -2.44. The zero-order valence-corrected chi connectivity index (χ0v) is 28.0. The fourth-order valence-corrected chi connectivity index (χ4v) is 15.1. The third-order valence-corrected chi connectivity index (χ3v) is 18.2. The molecule has 0 aliphatic rings. The SMILES string of the molecule is CC(C)(C)[Si](Oc1ccc(O)c(O[Si](c2ccccc2)(c2ccccc2)C(C)(C)C)c1)(c1ccccc1)c1ccccc1. The first kappa shape index (κ1) is 30.4. The number of hydrogen-bond acceptors (Lipinski definition) is 3. The quantitative estimate of drug-likeness (QED) is 0.190. The van der Waals surface area contributed by atoms with Crippen LogP contribution < -0.4 is 29.6 Å². The summed E-state index contributed by atoms with van der Waals surface area (Å²) in [5.74, 6) is 1.22. The molecule has 0 radical (unpaired) electrons. The molecule has 0 bridgehead atoms. The minimum atomic E-state index is -2.97. The molecule has 0 aliphatic carbocycles. The van der Waals surface area contributed by atoms with Crippen LogP contribution >= 0.6 is 0 Å². The molecule has 0 spiro atoms. The van der Waals surface area contributed by atoms with Crippen LogP contribution in [0.3, 0.4) is 0 Å².